The second kappa shape index (κ2) is 6.28. The number of aryl methyl sites for hydroxylation is 1. The van der Waals surface area contributed by atoms with Crippen molar-refractivity contribution in [3.8, 4) is 0 Å². The van der Waals surface area contributed by atoms with E-state index in [4.69, 9.17) is 10.5 Å². The van der Waals surface area contributed by atoms with Crippen LogP contribution in [0.3, 0.4) is 0 Å². The van der Waals surface area contributed by atoms with Gasteiger partial charge in [0.15, 0.2) is 0 Å². The van der Waals surface area contributed by atoms with Crippen LogP contribution in [0.15, 0.2) is 24.3 Å². The van der Waals surface area contributed by atoms with Gasteiger partial charge in [-0.25, -0.2) is 0 Å². The van der Waals surface area contributed by atoms with E-state index < -0.39 is 0 Å². The third-order valence-corrected chi connectivity index (χ3v) is 4.45. The summed E-state index contributed by atoms with van der Waals surface area (Å²) >= 11 is 0. The molecule has 0 aliphatic heterocycles. The summed E-state index contributed by atoms with van der Waals surface area (Å²) in [7, 11) is 0. The predicted octanol–water partition coefficient (Wildman–Crippen LogP) is 4.23. The maximum atomic E-state index is 6.39. The Bertz CT molecular complexity index is 441. The molecule has 1 aliphatic rings. The van der Waals surface area contributed by atoms with Gasteiger partial charge in [0.25, 0.3) is 0 Å². The zero-order valence-corrected chi connectivity index (χ0v) is 13.4. The Balaban J connectivity index is 2.09. The van der Waals surface area contributed by atoms with Crippen LogP contribution < -0.4 is 5.73 Å². The summed E-state index contributed by atoms with van der Waals surface area (Å²) in [5.74, 6) is 0.735. The van der Waals surface area contributed by atoms with Crippen LogP contribution in [0.2, 0.25) is 0 Å². The summed E-state index contributed by atoms with van der Waals surface area (Å²) in [6, 6.07) is 8.42. The molecule has 2 N–H and O–H groups in total. The van der Waals surface area contributed by atoms with Gasteiger partial charge in [-0.15, -0.1) is 0 Å². The van der Waals surface area contributed by atoms with Crippen molar-refractivity contribution in [1.29, 1.82) is 0 Å². The lowest BCUT2D eigenvalue weighted by atomic mass is 9.71. The fraction of sp³-hybridized carbons (Fsp3) is 0.667. The molecule has 3 atom stereocenters. The van der Waals surface area contributed by atoms with Gasteiger partial charge in [0, 0.05) is 6.54 Å². The van der Waals surface area contributed by atoms with E-state index in [-0.39, 0.29) is 6.10 Å². The average molecular weight is 275 g/mol. The molecule has 1 saturated carbocycles. The molecule has 1 aromatic carbocycles. The lowest BCUT2D eigenvalue weighted by Crippen LogP contribution is -2.34. The minimum absolute atomic E-state index is 0.0299. The molecule has 20 heavy (non-hydrogen) atoms. The second-order valence-electron chi connectivity index (χ2n) is 7.25. The van der Waals surface area contributed by atoms with Gasteiger partial charge in [0.05, 0.1) is 12.2 Å². The molecule has 0 heterocycles. The van der Waals surface area contributed by atoms with Crippen molar-refractivity contribution in [3.05, 3.63) is 35.4 Å². The molecule has 0 radical (unpaired) electrons. The fourth-order valence-electron chi connectivity index (χ4n) is 3.80. The van der Waals surface area contributed by atoms with Crippen LogP contribution in [0, 0.1) is 18.3 Å². The van der Waals surface area contributed by atoms with Crippen LogP contribution in [-0.4, -0.2) is 12.6 Å². The Labute approximate surface area is 123 Å². The lowest BCUT2D eigenvalue weighted by molar-refractivity contribution is -0.0637. The Morgan fingerprint density at radius 3 is 2.60 bits per heavy atom. The summed E-state index contributed by atoms with van der Waals surface area (Å²) in [6.45, 7) is 9.72. The van der Waals surface area contributed by atoms with Gasteiger partial charge in [-0.3, -0.25) is 0 Å². The molecule has 2 nitrogen and oxygen atoms in total. The van der Waals surface area contributed by atoms with Gasteiger partial charge < -0.3 is 10.5 Å². The van der Waals surface area contributed by atoms with E-state index in [9.17, 15) is 0 Å². The van der Waals surface area contributed by atoms with E-state index in [0.717, 1.165) is 18.8 Å². The standard InChI is InChI=1S/C18H29NO/c1-13-9-15(11-18(3,4)10-13)20-17(12-19)16-8-6-5-7-14(16)2/h5-8,13,15,17H,9-12,19H2,1-4H3. The van der Waals surface area contributed by atoms with Crippen LogP contribution in [0.25, 0.3) is 0 Å². The van der Waals surface area contributed by atoms with Gasteiger partial charge in [-0.05, 0) is 48.6 Å². The number of nitrogens with two attached hydrogens (primary N) is 1. The Hall–Kier alpha value is -0.860. The second-order valence-corrected chi connectivity index (χ2v) is 7.25. The van der Waals surface area contributed by atoms with E-state index in [2.05, 4.69) is 52.0 Å². The topological polar surface area (TPSA) is 35.2 Å². The highest BCUT2D eigenvalue weighted by atomic mass is 16.5. The summed E-state index contributed by atoms with van der Waals surface area (Å²) in [5, 5.41) is 0. The molecule has 1 aromatic rings. The van der Waals surface area contributed by atoms with Gasteiger partial charge in [0.1, 0.15) is 0 Å². The Morgan fingerprint density at radius 1 is 1.30 bits per heavy atom. The number of ether oxygens (including phenoxy) is 1. The van der Waals surface area contributed by atoms with Gasteiger partial charge in [0.2, 0.25) is 0 Å². The molecular weight excluding hydrogens is 246 g/mol. The van der Waals surface area contributed by atoms with Crippen LogP contribution in [-0.2, 0) is 4.74 Å². The maximum Gasteiger partial charge on any atom is 0.0953 e. The quantitative estimate of drug-likeness (QED) is 0.892. The normalized spacial score (nSPS) is 27.2. The maximum absolute atomic E-state index is 6.39. The minimum atomic E-state index is 0.0299. The molecule has 0 amide bonds. The Kier molecular flexibility index (Phi) is 4.87. The molecule has 0 saturated heterocycles. The Morgan fingerprint density at radius 2 is 2.00 bits per heavy atom. The monoisotopic (exact) mass is 275 g/mol. The zero-order chi connectivity index (χ0) is 14.8. The number of benzene rings is 1. The van der Waals surface area contributed by atoms with Crippen LogP contribution >= 0.6 is 0 Å². The summed E-state index contributed by atoms with van der Waals surface area (Å²) in [6.07, 6.45) is 3.96. The van der Waals surface area contributed by atoms with E-state index in [1.807, 2.05) is 0 Å². The van der Waals surface area contributed by atoms with E-state index in [0.29, 0.717) is 18.1 Å². The van der Waals surface area contributed by atoms with Gasteiger partial charge >= 0.3 is 0 Å². The van der Waals surface area contributed by atoms with Crippen molar-refractivity contribution in [2.24, 2.45) is 17.1 Å². The number of rotatable bonds is 4. The summed E-state index contributed by atoms with van der Waals surface area (Å²) in [4.78, 5) is 0. The first-order valence-corrected chi connectivity index (χ1v) is 7.82. The molecule has 1 aliphatic carbocycles. The van der Waals surface area contributed by atoms with E-state index >= 15 is 0 Å². The predicted molar refractivity (Wildman–Crippen MR) is 84.6 cm³/mol. The minimum Gasteiger partial charge on any atom is -0.369 e. The SMILES string of the molecule is Cc1ccccc1C(CN)OC1CC(C)CC(C)(C)C1. The average Bonchev–Trinajstić information content (AvgIpc) is 2.34. The van der Waals surface area contributed by atoms with Gasteiger partial charge in [-0.1, -0.05) is 45.0 Å². The molecule has 112 valence electrons. The summed E-state index contributed by atoms with van der Waals surface area (Å²) < 4.78 is 6.39. The third-order valence-electron chi connectivity index (χ3n) is 4.45. The third kappa shape index (κ3) is 3.83. The van der Waals surface area contributed by atoms with Crippen molar-refractivity contribution < 1.29 is 4.74 Å². The molecule has 0 bridgehead atoms. The molecule has 1 fully saturated rings. The van der Waals surface area contributed by atoms with Crippen molar-refractivity contribution in [3.63, 3.8) is 0 Å². The first-order chi connectivity index (χ1) is 9.41. The molecule has 0 spiro atoms. The van der Waals surface area contributed by atoms with Crippen molar-refractivity contribution in [2.75, 3.05) is 6.54 Å². The first kappa shape index (κ1) is 15.5. The van der Waals surface area contributed by atoms with E-state index in [1.54, 1.807) is 0 Å². The van der Waals surface area contributed by atoms with Crippen molar-refractivity contribution in [1.82, 2.24) is 0 Å². The van der Waals surface area contributed by atoms with Crippen LogP contribution in [0.1, 0.15) is 57.3 Å². The van der Waals surface area contributed by atoms with Gasteiger partial charge in [-0.2, -0.15) is 0 Å². The van der Waals surface area contributed by atoms with Crippen LogP contribution in [0.5, 0.6) is 0 Å². The molecular formula is C18H29NO. The van der Waals surface area contributed by atoms with Crippen LogP contribution in [0.4, 0.5) is 0 Å². The summed E-state index contributed by atoms with van der Waals surface area (Å²) in [5.41, 5.74) is 8.86. The molecule has 3 unspecified atom stereocenters. The highest BCUT2D eigenvalue weighted by Gasteiger charge is 2.33. The highest BCUT2D eigenvalue weighted by molar-refractivity contribution is 5.28. The van der Waals surface area contributed by atoms with Crippen molar-refractivity contribution >= 4 is 0 Å². The first-order valence-electron chi connectivity index (χ1n) is 7.82. The van der Waals surface area contributed by atoms with Crippen molar-refractivity contribution in [2.45, 2.75) is 59.2 Å². The van der Waals surface area contributed by atoms with E-state index in [1.165, 1.54) is 17.5 Å². The molecule has 2 rings (SSSR count). The highest BCUT2D eigenvalue weighted by Crippen LogP contribution is 2.41. The number of hydrogen-bond donors (Lipinski definition) is 1. The zero-order valence-electron chi connectivity index (χ0n) is 13.4. The largest absolute Gasteiger partial charge is 0.369 e. The molecule has 0 aromatic heterocycles. The fourth-order valence-corrected chi connectivity index (χ4v) is 3.80. The smallest absolute Gasteiger partial charge is 0.0953 e. The lowest BCUT2D eigenvalue weighted by Gasteiger charge is -2.40. The molecule has 2 heteroatoms. The number of hydrogen-bond acceptors (Lipinski definition) is 2.